The SMILES string of the molecule is Oc1ccc2c(c1)C13CCN(CC4CC4)C(C2)C12CCC1C3[C@@H](CN1c1ccc3ccccc3n1)C2. The number of nitrogens with zero attached hydrogens (tertiary/aromatic N) is 3. The maximum Gasteiger partial charge on any atom is 0.129 e. The molecular formula is C32H35N3O. The molecule has 4 nitrogen and oxygen atoms in total. The fourth-order valence-electron chi connectivity index (χ4n) is 10.4. The number of aromatic nitrogens is 1. The van der Waals surface area contributed by atoms with Crippen molar-refractivity contribution in [1.82, 2.24) is 9.88 Å². The van der Waals surface area contributed by atoms with Gasteiger partial charge in [0.05, 0.1) is 5.52 Å². The van der Waals surface area contributed by atoms with Crippen LogP contribution in [0, 0.1) is 23.2 Å². The van der Waals surface area contributed by atoms with Crippen LogP contribution >= 0.6 is 0 Å². The maximum atomic E-state index is 10.7. The third kappa shape index (κ3) is 2.43. The Labute approximate surface area is 213 Å². The van der Waals surface area contributed by atoms with Gasteiger partial charge in [-0.1, -0.05) is 24.3 Å². The summed E-state index contributed by atoms with van der Waals surface area (Å²) >= 11 is 0. The second-order valence-corrected chi connectivity index (χ2v) is 13.0. The van der Waals surface area contributed by atoms with E-state index in [0.29, 0.717) is 29.2 Å². The highest BCUT2D eigenvalue weighted by Crippen LogP contribution is 2.75. The zero-order valence-corrected chi connectivity index (χ0v) is 20.9. The van der Waals surface area contributed by atoms with Gasteiger partial charge in [0.1, 0.15) is 11.6 Å². The predicted molar refractivity (Wildman–Crippen MR) is 142 cm³/mol. The van der Waals surface area contributed by atoms with Crippen molar-refractivity contribution in [2.45, 2.75) is 62.4 Å². The summed E-state index contributed by atoms with van der Waals surface area (Å²) in [4.78, 5) is 10.8. The molecule has 4 bridgehead atoms. The Kier molecular flexibility index (Phi) is 3.88. The topological polar surface area (TPSA) is 39.6 Å². The summed E-state index contributed by atoms with van der Waals surface area (Å²) in [6, 6.07) is 20.7. The molecule has 2 saturated heterocycles. The van der Waals surface area contributed by atoms with Crippen LogP contribution in [0.1, 0.15) is 49.7 Å². The van der Waals surface area contributed by atoms with Gasteiger partial charge >= 0.3 is 0 Å². The van der Waals surface area contributed by atoms with Crippen molar-refractivity contribution in [2.24, 2.45) is 23.2 Å². The lowest BCUT2D eigenvalue weighted by Crippen LogP contribution is -2.69. The lowest BCUT2D eigenvalue weighted by atomic mass is 9.43. The van der Waals surface area contributed by atoms with E-state index in [1.807, 2.05) is 6.07 Å². The predicted octanol–water partition coefficient (Wildman–Crippen LogP) is 5.52. The summed E-state index contributed by atoms with van der Waals surface area (Å²) in [7, 11) is 0. The Bertz CT molecular complexity index is 1400. The lowest BCUT2D eigenvalue weighted by molar-refractivity contribution is -0.0921. The number of phenols is 1. The number of anilines is 1. The van der Waals surface area contributed by atoms with Crippen molar-refractivity contribution in [2.75, 3.05) is 24.5 Å². The number of benzene rings is 2. The molecule has 1 aromatic heterocycles. The van der Waals surface area contributed by atoms with Crippen LogP contribution < -0.4 is 4.90 Å². The number of pyridine rings is 1. The highest BCUT2D eigenvalue weighted by molar-refractivity contribution is 5.80. The van der Waals surface area contributed by atoms with Crippen molar-refractivity contribution in [3.63, 3.8) is 0 Å². The van der Waals surface area contributed by atoms with Crippen LogP contribution in [-0.2, 0) is 11.8 Å². The van der Waals surface area contributed by atoms with E-state index in [0.717, 1.165) is 23.9 Å². The summed E-state index contributed by atoms with van der Waals surface area (Å²) in [6.45, 7) is 3.71. The monoisotopic (exact) mass is 477 g/mol. The largest absolute Gasteiger partial charge is 0.508 e. The van der Waals surface area contributed by atoms with Gasteiger partial charge in [-0.05, 0) is 116 Å². The van der Waals surface area contributed by atoms with Crippen LogP contribution in [0.25, 0.3) is 10.9 Å². The first kappa shape index (κ1) is 20.5. The molecule has 1 N–H and O–H groups in total. The van der Waals surface area contributed by atoms with Crippen molar-refractivity contribution in [3.05, 3.63) is 65.7 Å². The van der Waals surface area contributed by atoms with Gasteiger partial charge in [0.25, 0.3) is 0 Å². The van der Waals surface area contributed by atoms with Gasteiger partial charge in [0.15, 0.2) is 0 Å². The van der Waals surface area contributed by atoms with E-state index in [9.17, 15) is 5.11 Å². The molecule has 3 saturated carbocycles. The Hall–Kier alpha value is -2.59. The highest BCUT2D eigenvalue weighted by atomic mass is 16.3. The van der Waals surface area contributed by atoms with E-state index >= 15 is 0 Å². The summed E-state index contributed by atoms with van der Waals surface area (Å²) in [5.41, 5.74) is 4.75. The molecule has 4 aliphatic carbocycles. The first-order chi connectivity index (χ1) is 17.7. The number of hydrogen-bond donors (Lipinski definition) is 1. The molecule has 3 aromatic rings. The molecule has 2 aromatic carbocycles. The highest BCUT2D eigenvalue weighted by Gasteiger charge is 2.76. The molecule has 36 heavy (non-hydrogen) atoms. The number of fused-ring (bicyclic) bond motifs is 2. The molecule has 5 fully saturated rings. The van der Waals surface area contributed by atoms with E-state index in [1.165, 1.54) is 80.4 Å². The van der Waals surface area contributed by atoms with Gasteiger partial charge in [-0.15, -0.1) is 0 Å². The molecule has 6 atom stereocenters. The first-order valence-corrected chi connectivity index (χ1v) is 14.4. The number of aromatic hydroxyl groups is 1. The van der Waals surface area contributed by atoms with Gasteiger partial charge in [-0.3, -0.25) is 4.90 Å². The van der Waals surface area contributed by atoms with E-state index in [2.05, 4.69) is 58.3 Å². The molecule has 3 heterocycles. The Morgan fingerprint density at radius 1 is 1.00 bits per heavy atom. The van der Waals surface area contributed by atoms with Crippen molar-refractivity contribution < 1.29 is 5.11 Å². The van der Waals surface area contributed by atoms with E-state index in [1.54, 1.807) is 0 Å². The third-order valence-electron chi connectivity index (χ3n) is 11.7. The number of likely N-dealkylation sites (tertiary alicyclic amines) is 1. The zero-order valence-electron chi connectivity index (χ0n) is 20.9. The molecular weight excluding hydrogens is 442 g/mol. The van der Waals surface area contributed by atoms with Gasteiger partial charge in [-0.25, -0.2) is 4.98 Å². The van der Waals surface area contributed by atoms with Crippen LogP contribution in [0.15, 0.2) is 54.6 Å². The minimum Gasteiger partial charge on any atom is -0.508 e. The standard InChI is InChI=1S/C32H35N3O/c36-24-9-7-22-15-28-31-12-11-27-30(32(31,25(22)16-24)13-14-34(28)18-20-5-6-20)23(17-31)19-35(27)29-10-8-21-3-1-2-4-26(21)33-29/h1-4,7-10,16,20,23,27-28,30,36H,5-6,11-15,17-19H2/t23-,27?,28?,30?,31?,32?/m1/s1. The summed E-state index contributed by atoms with van der Waals surface area (Å²) in [5, 5.41) is 11.9. The average molecular weight is 478 g/mol. The molecule has 6 aliphatic rings. The fraction of sp³-hybridized carbons (Fsp3) is 0.531. The minimum absolute atomic E-state index is 0.212. The molecule has 0 radical (unpaired) electrons. The van der Waals surface area contributed by atoms with Crippen LogP contribution in [0.4, 0.5) is 5.82 Å². The van der Waals surface area contributed by atoms with Crippen LogP contribution in [0.2, 0.25) is 0 Å². The Morgan fingerprint density at radius 3 is 2.83 bits per heavy atom. The molecule has 9 rings (SSSR count). The van der Waals surface area contributed by atoms with Crippen LogP contribution in [0.3, 0.4) is 0 Å². The van der Waals surface area contributed by atoms with E-state index < -0.39 is 0 Å². The Morgan fingerprint density at radius 2 is 1.92 bits per heavy atom. The number of hydrogen-bond acceptors (Lipinski definition) is 4. The number of phenolic OH excluding ortho intramolecular Hbond substituents is 1. The summed E-state index contributed by atoms with van der Waals surface area (Å²) < 4.78 is 0. The molecule has 184 valence electrons. The molecule has 2 aliphatic heterocycles. The number of para-hydroxylation sites is 1. The summed E-state index contributed by atoms with van der Waals surface area (Å²) in [5.74, 6) is 3.98. The van der Waals surface area contributed by atoms with Crippen LogP contribution in [-0.4, -0.2) is 46.7 Å². The maximum absolute atomic E-state index is 10.7. The molecule has 4 heteroatoms. The Balaban J connectivity index is 1.18. The molecule has 5 unspecified atom stereocenters. The first-order valence-electron chi connectivity index (χ1n) is 14.4. The second-order valence-electron chi connectivity index (χ2n) is 13.0. The van der Waals surface area contributed by atoms with Crippen LogP contribution in [0.5, 0.6) is 5.75 Å². The average Bonchev–Trinajstić information content (AvgIpc) is 3.59. The van der Waals surface area contributed by atoms with Crippen molar-refractivity contribution in [1.29, 1.82) is 0 Å². The minimum atomic E-state index is 0.212. The zero-order chi connectivity index (χ0) is 23.6. The van der Waals surface area contributed by atoms with Gasteiger partial charge in [-0.2, -0.15) is 0 Å². The van der Waals surface area contributed by atoms with Gasteiger partial charge < -0.3 is 10.0 Å². The van der Waals surface area contributed by atoms with E-state index in [4.69, 9.17) is 4.98 Å². The smallest absolute Gasteiger partial charge is 0.129 e. The van der Waals surface area contributed by atoms with E-state index in [-0.39, 0.29) is 5.41 Å². The third-order valence-corrected chi connectivity index (χ3v) is 11.7. The van der Waals surface area contributed by atoms with Gasteiger partial charge in [0.2, 0.25) is 0 Å². The molecule has 0 amide bonds. The second kappa shape index (κ2) is 6.83. The quantitative estimate of drug-likeness (QED) is 0.539. The number of rotatable bonds is 3. The van der Waals surface area contributed by atoms with Crippen molar-refractivity contribution >= 4 is 16.7 Å². The lowest BCUT2D eigenvalue weighted by Gasteiger charge is -2.66. The van der Waals surface area contributed by atoms with Gasteiger partial charge in [0, 0.05) is 36.0 Å². The fourth-order valence-corrected chi connectivity index (χ4v) is 10.4. The summed E-state index contributed by atoms with van der Waals surface area (Å²) in [6.07, 6.45) is 9.31. The normalized spacial score (nSPS) is 38.3. The number of piperidine rings is 1. The van der Waals surface area contributed by atoms with Crippen molar-refractivity contribution in [3.8, 4) is 5.75 Å². The molecule has 0 spiro atoms.